The van der Waals surface area contributed by atoms with Crippen molar-refractivity contribution in [2.45, 2.75) is 25.9 Å². The molecule has 0 amide bonds. The Kier molecular flexibility index (Phi) is 5.61. The number of hydrogen-bond donors (Lipinski definition) is 1. The van der Waals surface area contributed by atoms with E-state index in [1.54, 1.807) is 18.2 Å². The smallest absolute Gasteiger partial charge is 0.219 e. The van der Waals surface area contributed by atoms with Gasteiger partial charge in [0.2, 0.25) is 5.88 Å². The minimum Gasteiger partial charge on any atom is -0.439 e. The van der Waals surface area contributed by atoms with E-state index >= 15 is 0 Å². The van der Waals surface area contributed by atoms with Crippen molar-refractivity contribution in [1.82, 2.24) is 15.2 Å². The van der Waals surface area contributed by atoms with Crippen LogP contribution in [0.5, 0.6) is 11.6 Å². The van der Waals surface area contributed by atoms with E-state index in [0.29, 0.717) is 33.8 Å². The predicted molar refractivity (Wildman–Crippen MR) is 98.2 cm³/mol. The summed E-state index contributed by atoms with van der Waals surface area (Å²) >= 11 is 11.9. The number of piperazine rings is 1. The Morgan fingerprint density at radius 2 is 2.04 bits per heavy atom. The van der Waals surface area contributed by atoms with Crippen LogP contribution in [-0.2, 0) is 0 Å². The highest BCUT2D eigenvalue weighted by atomic mass is 35.5. The monoisotopic (exact) mass is 365 g/mol. The van der Waals surface area contributed by atoms with Gasteiger partial charge in [-0.15, -0.1) is 0 Å². The number of aromatic nitrogens is 1. The number of rotatable bonds is 4. The quantitative estimate of drug-likeness (QED) is 0.862. The molecular formula is C18H21Cl2N3O. The molecule has 4 nitrogen and oxygen atoms in total. The lowest BCUT2D eigenvalue weighted by atomic mass is 10.1. The molecule has 0 saturated carbocycles. The molecule has 0 aliphatic carbocycles. The largest absolute Gasteiger partial charge is 0.439 e. The standard InChI is InChI=1S/C18H21Cl2N3O/c1-12(2)23-8-7-21-17(11-23)13-3-6-18(22-10-13)24-14-4-5-15(19)16(20)9-14/h3-6,9-10,12,17,21H,7-8,11H2,1-2H3. The fourth-order valence-corrected chi connectivity index (χ4v) is 3.07. The number of pyridine rings is 1. The molecule has 1 aliphatic heterocycles. The first-order valence-corrected chi connectivity index (χ1v) is 8.85. The van der Waals surface area contributed by atoms with Crippen LogP contribution < -0.4 is 10.1 Å². The molecule has 1 N–H and O–H groups in total. The maximum Gasteiger partial charge on any atom is 0.219 e. The van der Waals surface area contributed by atoms with Gasteiger partial charge in [-0.05, 0) is 31.5 Å². The van der Waals surface area contributed by atoms with Gasteiger partial charge in [0.15, 0.2) is 0 Å². The van der Waals surface area contributed by atoms with Crippen LogP contribution >= 0.6 is 23.2 Å². The van der Waals surface area contributed by atoms with Crippen LogP contribution in [0, 0.1) is 0 Å². The summed E-state index contributed by atoms with van der Waals surface area (Å²) in [6, 6.07) is 9.96. The molecule has 1 unspecified atom stereocenters. The third kappa shape index (κ3) is 4.19. The minimum atomic E-state index is 0.299. The summed E-state index contributed by atoms with van der Waals surface area (Å²) in [4.78, 5) is 6.89. The molecule has 0 radical (unpaired) electrons. The molecule has 1 aliphatic rings. The maximum absolute atomic E-state index is 6.00. The van der Waals surface area contributed by atoms with Gasteiger partial charge in [0.05, 0.1) is 10.0 Å². The van der Waals surface area contributed by atoms with Gasteiger partial charge in [-0.1, -0.05) is 29.3 Å². The van der Waals surface area contributed by atoms with Crippen molar-refractivity contribution in [2.75, 3.05) is 19.6 Å². The second-order valence-electron chi connectivity index (χ2n) is 6.20. The summed E-state index contributed by atoms with van der Waals surface area (Å²) in [5.74, 6) is 1.15. The predicted octanol–water partition coefficient (Wildman–Crippen LogP) is 4.54. The van der Waals surface area contributed by atoms with Crippen molar-refractivity contribution in [3.8, 4) is 11.6 Å². The fourth-order valence-electron chi connectivity index (χ4n) is 2.78. The van der Waals surface area contributed by atoms with E-state index in [1.807, 2.05) is 12.3 Å². The molecule has 24 heavy (non-hydrogen) atoms. The molecule has 1 saturated heterocycles. The number of halogens is 2. The SMILES string of the molecule is CC(C)N1CCNC(c2ccc(Oc3ccc(Cl)c(Cl)c3)nc2)C1. The van der Waals surface area contributed by atoms with Crippen LogP contribution in [0.4, 0.5) is 0 Å². The summed E-state index contributed by atoms with van der Waals surface area (Å²) in [6.07, 6.45) is 1.87. The first-order chi connectivity index (χ1) is 11.5. The van der Waals surface area contributed by atoms with E-state index in [4.69, 9.17) is 27.9 Å². The third-order valence-corrected chi connectivity index (χ3v) is 4.95. The summed E-state index contributed by atoms with van der Waals surface area (Å²) in [5, 5.41) is 4.52. The Labute approximate surface area is 152 Å². The Hall–Kier alpha value is -1.33. The molecule has 1 aromatic heterocycles. The average Bonchev–Trinajstić information content (AvgIpc) is 2.59. The first kappa shape index (κ1) is 17.5. The van der Waals surface area contributed by atoms with Crippen molar-refractivity contribution >= 4 is 23.2 Å². The highest BCUT2D eigenvalue weighted by Gasteiger charge is 2.22. The number of nitrogens with one attached hydrogen (secondary N) is 1. The van der Waals surface area contributed by atoms with Crippen LogP contribution in [0.3, 0.4) is 0 Å². The molecule has 3 rings (SSSR count). The van der Waals surface area contributed by atoms with E-state index < -0.39 is 0 Å². The molecule has 2 aromatic rings. The maximum atomic E-state index is 6.00. The Balaban J connectivity index is 1.67. The molecular weight excluding hydrogens is 345 g/mol. The number of ether oxygens (including phenoxy) is 1. The van der Waals surface area contributed by atoms with Crippen molar-refractivity contribution in [3.63, 3.8) is 0 Å². The first-order valence-electron chi connectivity index (χ1n) is 8.09. The van der Waals surface area contributed by atoms with E-state index in [1.165, 1.54) is 5.56 Å². The van der Waals surface area contributed by atoms with Crippen LogP contribution in [0.15, 0.2) is 36.5 Å². The lowest BCUT2D eigenvalue weighted by Gasteiger charge is -2.36. The lowest BCUT2D eigenvalue weighted by molar-refractivity contribution is 0.162. The zero-order chi connectivity index (χ0) is 17.1. The third-order valence-electron chi connectivity index (χ3n) is 4.21. The molecule has 0 bridgehead atoms. The lowest BCUT2D eigenvalue weighted by Crippen LogP contribution is -2.48. The Bertz CT molecular complexity index is 691. The highest BCUT2D eigenvalue weighted by molar-refractivity contribution is 6.42. The van der Waals surface area contributed by atoms with E-state index in [0.717, 1.165) is 19.6 Å². The van der Waals surface area contributed by atoms with Gasteiger partial charge in [-0.2, -0.15) is 0 Å². The zero-order valence-corrected chi connectivity index (χ0v) is 15.3. The highest BCUT2D eigenvalue weighted by Crippen LogP contribution is 2.29. The zero-order valence-electron chi connectivity index (χ0n) is 13.8. The Morgan fingerprint density at radius 1 is 1.21 bits per heavy atom. The van der Waals surface area contributed by atoms with E-state index in [9.17, 15) is 0 Å². The minimum absolute atomic E-state index is 0.299. The van der Waals surface area contributed by atoms with E-state index in [-0.39, 0.29) is 0 Å². The summed E-state index contributed by atoms with van der Waals surface area (Å²) in [7, 11) is 0. The van der Waals surface area contributed by atoms with Gasteiger partial charge in [-0.25, -0.2) is 4.98 Å². The normalized spacial score (nSPS) is 18.8. The summed E-state index contributed by atoms with van der Waals surface area (Å²) < 4.78 is 5.73. The van der Waals surface area contributed by atoms with Gasteiger partial charge in [-0.3, -0.25) is 4.90 Å². The van der Waals surface area contributed by atoms with Gasteiger partial charge in [0, 0.05) is 50.0 Å². The Morgan fingerprint density at radius 3 is 2.71 bits per heavy atom. The van der Waals surface area contributed by atoms with Crippen LogP contribution in [-0.4, -0.2) is 35.6 Å². The molecule has 128 valence electrons. The second kappa shape index (κ2) is 7.70. The summed E-state index contributed by atoms with van der Waals surface area (Å²) in [6.45, 7) is 7.53. The van der Waals surface area contributed by atoms with Crippen LogP contribution in [0.1, 0.15) is 25.5 Å². The van der Waals surface area contributed by atoms with Gasteiger partial charge in [0.1, 0.15) is 5.75 Å². The number of hydrogen-bond acceptors (Lipinski definition) is 4. The molecule has 1 fully saturated rings. The van der Waals surface area contributed by atoms with Crippen molar-refractivity contribution in [2.24, 2.45) is 0 Å². The molecule has 1 aromatic carbocycles. The van der Waals surface area contributed by atoms with Gasteiger partial charge in [0.25, 0.3) is 0 Å². The molecule has 1 atom stereocenters. The molecule has 0 spiro atoms. The molecule has 6 heteroatoms. The number of nitrogens with zero attached hydrogens (tertiary/aromatic N) is 2. The van der Waals surface area contributed by atoms with Crippen molar-refractivity contribution in [3.05, 3.63) is 52.1 Å². The van der Waals surface area contributed by atoms with Gasteiger partial charge >= 0.3 is 0 Å². The topological polar surface area (TPSA) is 37.4 Å². The average molecular weight is 366 g/mol. The number of benzene rings is 1. The van der Waals surface area contributed by atoms with Crippen molar-refractivity contribution < 1.29 is 4.74 Å². The van der Waals surface area contributed by atoms with Crippen LogP contribution in [0.2, 0.25) is 10.0 Å². The van der Waals surface area contributed by atoms with Crippen LogP contribution in [0.25, 0.3) is 0 Å². The summed E-state index contributed by atoms with van der Waals surface area (Å²) in [5.41, 5.74) is 1.17. The second-order valence-corrected chi connectivity index (χ2v) is 7.02. The van der Waals surface area contributed by atoms with Gasteiger partial charge < -0.3 is 10.1 Å². The van der Waals surface area contributed by atoms with Crippen molar-refractivity contribution in [1.29, 1.82) is 0 Å². The molecule has 2 heterocycles. The van der Waals surface area contributed by atoms with E-state index in [2.05, 4.69) is 35.1 Å². The fraction of sp³-hybridized carbons (Fsp3) is 0.389.